The van der Waals surface area contributed by atoms with Gasteiger partial charge in [-0.05, 0) is 117 Å². The lowest BCUT2D eigenvalue weighted by molar-refractivity contribution is -0.167. The van der Waals surface area contributed by atoms with E-state index in [-0.39, 0.29) is 40.9 Å². The number of nitrogens with zero attached hydrogens (tertiary/aromatic N) is 1. The third-order valence-corrected chi connectivity index (χ3v) is 19.3. The number of aryl methyl sites for hydroxylation is 1. The number of pyridine rings is 1. The Kier molecular flexibility index (Phi) is 15.7. The van der Waals surface area contributed by atoms with Gasteiger partial charge in [0.25, 0.3) is 5.91 Å². The SMILES string of the molecule is COc1cc(OCC(=O)NCCCCc2cccc(C3(C(=O)OC4CN5CCC4CC5)CCCCC3)c2)c(Cl)cc1CNC[C@H](O[Si](C)(C)C(C)(C)C)c1ccc(O)c2[nH]c(=O)ccc12. The molecule has 1 saturated carbocycles. The van der Waals surface area contributed by atoms with Crippen LogP contribution in [-0.2, 0) is 37.1 Å². The zero-order chi connectivity index (χ0) is 46.4. The van der Waals surface area contributed by atoms with Crippen molar-refractivity contribution >= 4 is 42.7 Å². The van der Waals surface area contributed by atoms with E-state index < -0.39 is 19.8 Å². The number of aromatic hydroxyl groups is 1. The lowest BCUT2D eigenvalue weighted by Gasteiger charge is -2.45. The lowest BCUT2D eigenvalue weighted by Crippen LogP contribution is -2.53. The van der Waals surface area contributed by atoms with Crippen LogP contribution in [0.4, 0.5) is 0 Å². The molecule has 4 N–H and O–H groups in total. The van der Waals surface area contributed by atoms with Crippen LogP contribution >= 0.6 is 11.6 Å². The molecule has 12 nitrogen and oxygen atoms in total. The maximum Gasteiger partial charge on any atom is 0.316 e. The Labute approximate surface area is 390 Å². The van der Waals surface area contributed by atoms with Crippen molar-refractivity contribution in [1.82, 2.24) is 20.5 Å². The Morgan fingerprint density at radius 1 is 1.00 bits per heavy atom. The number of aromatic nitrogens is 1. The Balaban J connectivity index is 0.895. The van der Waals surface area contributed by atoms with Crippen molar-refractivity contribution < 1.29 is 33.3 Å². The van der Waals surface area contributed by atoms with Crippen LogP contribution in [0.15, 0.2) is 65.5 Å². The topological polar surface area (TPSA) is 151 Å². The third kappa shape index (κ3) is 11.6. The number of halogens is 1. The predicted molar refractivity (Wildman–Crippen MR) is 259 cm³/mol. The van der Waals surface area contributed by atoms with Gasteiger partial charge in [0, 0.05) is 49.3 Å². The van der Waals surface area contributed by atoms with E-state index in [0.717, 1.165) is 101 Å². The highest BCUT2D eigenvalue weighted by molar-refractivity contribution is 6.74. The fraction of sp³-hybridized carbons (Fsp3) is 0.549. The Morgan fingerprint density at radius 3 is 2.48 bits per heavy atom. The van der Waals surface area contributed by atoms with E-state index in [9.17, 15) is 19.5 Å². The standard InChI is InChI=1S/C51H69ClN4O8Si/c1-50(2,3)65(5,6)64-44(38-16-18-41(57)48-39(38)17-19-46(58)55-48)31-53-30-36-28-40(52)43(29-42(36)61-4)62-33-47(59)54-24-11-8-13-34-14-12-15-37(27-34)51(22-9-7-10-23-51)49(60)63-45-32-56-25-20-35(45)21-26-56/h12,14-19,27-29,35,44-45,53,57H,7-11,13,20-26,30-33H2,1-6H3,(H,54,59)(H,55,58)/t44-,45?/m0/s1. The molecular weight excluding hydrogens is 860 g/mol. The Hall–Kier alpha value is -4.40. The summed E-state index contributed by atoms with van der Waals surface area (Å²) < 4.78 is 24.9. The molecule has 4 aromatic rings. The Morgan fingerprint density at radius 2 is 1.77 bits per heavy atom. The molecule has 3 aliphatic heterocycles. The number of rotatable bonds is 19. The number of esters is 1. The largest absolute Gasteiger partial charge is 0.506 e. The van der Waals surface area contributed by atoms with Gasteiger partial charge in [0.05, 0.1) is 29.2 Å². The van der Waals surface area contributed by atoms with Crippen LogP contribution in [0.1, 0.15) is 107 Å². The number of piperidine rings is 3. The van der Waals surface area contributed by atoms with Crippen LogP contribution in [0, 0.1) is 5.92 Å². The summed E-state index contributed by atoms with van der Waals surface area (Å²) in [5, 5.41) is 18.1. The molecule has 3 aromatic carbocycles. The van der Waals surface area contributed by atoms with Gasteiger partial charge in [-0.15, -0.1) is 0 Å². The number of amides is 1. The lowest BCUT2D eigenvalue weighted by atomic mass is 9.69. The van der Waals surface area contributed by atoms with Crippen molar-refractivity contribution in [3.63, 3.8) is 0 Å². The van der Waals surface area contributed by atoms with E-state index in [4.69, 9.17) is 30.2 Å². The number of aromatic amines is 1. The molecular formula is C51H69ClN4O8Si. The monoisotopic (exact) mass is 928 g/mol. The molecule has 0 radical (unpaired) electrons. The normalized spacial score (nSPS) is 20.0. The summed E-state index contributed by atoms with van der Waals surface area (Å²) in [7, 11) is -0.699. The number of unbranched alkanes of at least 4 members (excludes halogenated alkanes) is 1. The number of nitrogens with one attached hydrogen (secondary N) is 3. The molecule has 14 heteroatoms. The molecule has 1 aromatic heterocycles. The first kappa shape index (κ1) is 48.5. The summed E-state index contributed by atoms with van der Waals surface area (Å²) in [5.74, 6) is 1.11. The number of benzene rings is 3. The molecule has 1 unspecified atom stereocenters. The Bertz CT molecular complexity index is 2350. The van der Waals surface area contributed by atoms with Crippen LogP contribution in [0.3, 0.4) is 0 Å². The smallest absolute Gasteiger partial charge is 0.316 e. The minimum atomic E-state index is -2.28. The van der Waals surface area contributed by atoms with Gasteiger partial charge in [-0.2, -0.15) is 0 Å². The summed E-state index contributed by atoms with van der Waals surface area (Å²) in [6, 6.07) is 18.6. The van der Waals surface area contributed by atoms with Gasteiger partial charge in [0.2, 0.25) is 5.56 Å². The number of carbonyl (C=O) groups is 2. The van der Waals surface area contributed by atoms with E-state index in [2.05, 4.69) is 78.6 Å². The molecule has 0 spiro atoms. The molecule has 8 rings (SSSR count). The van der Waals surface area contributed by atoms with Crippen molar-refractivity contribution in [1.29, 1.82) is 0 Å². The number of phenolic OH excluding ortho intramolecular Hbond substituents is 1. The van der Waals surface area contributed by atoms with Gasteiger partial charge in [-0.25, -0.2) is 0 Å². The summed E-state index contributed by atoms with van der Waals surface area (Å²) in [4.78, 5) is 44.3. The number of phenols is 1. The molecule has 65 heavy (non-hydrogen) atoms. The number of methoxy groups -OCH3 is 1. The molecule has 2 atom stereocenters. The molecule has 1 amide bonds. The first-order valence-corrected chi connectivity index (χ1v) is 26.9. The zero-order valence-corrected chi connectivity index (χ0v) is 40.9. The number of hydrogen-bond donors (Lipinski definition) is 4. The fourth-order valence-electron chi connectivity index (χ4n) is 9.60. The number of ether oxygens (including phenoxy) is 3. The molecule has 4 heterocycles. The summed E-state index contributed by atoms with van der Waals surface area (Å²) in [6.45, 7) is 15.2. The van der Waals surface area contributed by atoms with Crippen LogP contribution in [0.5, 0.6) is 17.2 Å². The van der Waals surface area contributed by atoms with Crippen LogP contribution < -0.4 is 25.7 Å². The van der Waals surface area contributed by atoms with Crippen LogP contribution in [-0.4, -0.2) is 87.7 Å². The second-order valence-corrected chi connectivity index (χ2v) is 25.1. The van der Waals surface area contributed by atoms with Gasteiger partial charge in [-0.1, -0.05) is 82.0 Å². The van der Waals surface area contributed by atoms with E-state index in [1.807, 2.05) is 6.07 Å². The maximum absolute atomic E-state index is 14.0. The molecule has 1 aliphatic carbocycles. The van der Waals surface area contributed by atoms with Gasteiger partial charge in [0.1, 0.15) is 23.4 Å². The summed E-state index contributed by atoms with van der Waals surface area (Å²) >= 11 is 6.72. The van der Waals surface area contributed by atoms with Gasteiger partial charge < -0.3 is 39.4 Å². The van der Waals surface area contributed by atoms with Crippen LogP contribution in [0.2, 0.25) is 23.2 Å². The summed E-state index contributed by atoms with van der Waals surface area (Å²) in [5.41, 5.74) is 3.44. The fourth-order valence-corrected chi connectivity index (χ4v) is 11.1. The number of carbonyl (C=O) groups excluding carboxylic acids is 2. The highest BCUT2D eigenvalue weighted by Gasteiger charge is 2.46. The van der Waals surface area contributed by atoms with Crippen molar-refractivity contribution in [3.05, 3.63) is 98.3 Å². The van der Waals surface area contributed by atoms with Crippen molar-refractivity contribution in [2.24, 2.45) is 5.92 Å². The molecule has 2 bridgehead atoms. The van der Waals surface area contributed by atoms with E-state index >= 15 is 0 Å². The molecule has 352 valence electrons. The van der Waals surface area contributed by atoms with Gasteiger partial charge in [0.15, 0.2) is 14.9 Å². The molecule has 3 saturated heterocycles. The summed E-state index contributed by atoms with van der Waals surface area (Å²) in [6.07, 6.45) is 9.29. The van der Waals surface area contributed by atoms with Crippen LogP contribution in [0.25, 0.3) is 10.9 Å². The highest BCUT2D eigenvalue weighted by atomic mass is 35.5. The molecule has 4 aliphatic rings. The average molecular weight is 930 g/mol. The first-order valence-electron chi connectivity index (χ1n) is 23.6. The van der Waals surface area contributed by atoms with Crippen molar-refractivity contribution in [2.45, 2.75) is 127 Å². The minimum Gasteiger partial charge on any atom is -0.506 e. The highest BCUT2D eigenvalue weighted by Crippen LogP contribution is 2.44. The first-order chi connectivity index (χ1) is 31.1. The van der Waals surface area contributed by atoms with Gasteiger partial charge in [-0.3, -0.25) is 19.3 Å². The van der Waals surface area contributed by atoms with E-state index in [1.165, 1.54) is 11.6 Å². The van der Waals surface area contributed by atoms with Crippen molar-refractivity contribution in [3.8, 4) is 17.2 Å². The minimum absolute atomic E-state index is 0.00330. The molecule has 4 fully saturated rings. The second kappa shape index (κ2) is 21.0. The maximum atomic E-state index is 14.0. The third-order valence-electron chi connectivity index (χ3n) is 14.5. The van der Waals surface area contributed by atoms with Crippen molar-refractivity contribution in [2.75, 3.05) is 46.4 Å². The average Bonchev–Trinajstić information content (AvgIpc) is 3.29. The quantitative estimate of drug-likeness (QED) is 0.0407. The number of fused-ring (bicyclic) bond motifs is 4. The van der Waals surface area contributed by atoms with E-state index in [1.54, 1.807) is 31.4 Å². The predicted octanol–water partition coefficient (Wildman–Crippen LogP) is 9.11. The number of hydrogen-bond acceptors (Lipinski definition) is 10. The zero-order valence-electron chi connectivity index (χ0n) is 39.2. The number of H-pyrrole nitrogens is 1. The van der Waals surface area contributed by atoms with E-state index in [0.29, 0.717) is 53.0 Å². The van der Waals surface area contributed by atoms with Gasteiger partial charge >= 0.3 is 5.97 Å². The second-order valence-electron chi connectivity index (χ2n) is 19.9.